The van der Waals surface area contributed by atoms with Gasteiger partial charge in [-0.2, -0.15) is 0 Å². The average molecular weight is 323 g/mol. The lowest BCUT2D eigenvalue weighted by molar-refractivity contribution is 0.0698. The number of methoxy groups -OCH3 is 1. The van der Waals surface area contributed by atoms with Crippen molar-refractivity contribution < 1.29 is 14.2 Å². The van der Waals surface area contributed by atoms with Crippen LogP contribution in [0.3, 0.4) is 0 Å². The van der Waals surface area contributed by atoms with Crippen LogP contribution in [0.4, 0.5) is 0 Å². The van der Waals surface area contributed by atoms with E-state index in [1.165, 1.54) is 5.56 Å². The highest BCUT2D eigenvalue weighted by atomic mass is 16.5. The zero-order chi connectivity index (χ0) is 16.8. The molecule has 1 aromatic rings. The minimum Gasteiger partial charge on any atom is -0.492 e. The summed E-state index contributed by atoms with van der Waals surface area (Å²) in [5.41, 5.74) is 1.23. The largest absolute Gasteiger partial charge is 0.492 e. The van der Waals surface area contributed by atoms with E-state index in [-0.39, 0.29) is 0 Å². The molecule has 0 saturated heterocycles. The van der Waals surface area contributed by atoms with Gasteiger partial charge >= 0.3 is 0 Å². The van der Waals surface area contributed by atoms with E-state index in [1.54, 1.807) is 14.2 Å². The number of hydrogen-bond acceptors (Lipinski definition) is 4. The van der Waals surface area contributed by atoms with Crippen molar-refractivity contribution in [2.24, 2.45) is 4.99 Å². The van der Waals surface area contributed by atoms with E-state index in [0.29, 0.717) is 33.0 Å². The molecule has 0 heterocycles. The fourth-order valence-electron chi connectivity index (χ4n) is 1.82. The van der Waals surface area contributed by atoms with Gasteiger partial charge in [-0.15, -0.1) is 0 Å². The van der Waals surface area contributed by atoms with Crippen LogP contribution in [-0.4, -0.2) is 59.6 Å². The Morgan fingerprint density at radius 3 is 2.43 bits per heavy atom. The zero-order valence-corrected chi connectivity index (χ0v) is 14.4. The van der Waals surface area contributed by atoms with E-state index in [4.69, 9.17) is 14.2 Å². The number of hydrogen-bond donors (Lipinski definition) is 2. The van der Waals surface area contributed by atoms with Crippen molar-refractivity contribution >= 4 is 5.96 Å². The first kappa shape index (κ1) is 19.3. The fraction of sp³-hybridized carbons (Fsp3) is 0.588. The number of ether oxygens (including phenoxy) is 3. The van der Waals surface area contributed by atoms with Crippen molar-refractivity contribution in [2.75, 3.05) is 53.7 Å². The molecule has 0 unspecified atom stereocenters. The van der Waals surface area contributed by atoms with Crippen molar-refractivity contribution in [1.29, 1.82) is 0 Å². The van der Waals surface area contributed by atoms with Crippen molar-refractivity contribution in [3.05, 3.63) is 29.8 Å². The van der Waals surface area contributed by atoms with Crippen LogP contribution in [0.15, 0.2) is 29.3 Å². The summed E-state index contributed by atoms with van der Waals surface area (Å²) in [7, 11) is 3.42. The summed E-state index contributed by atoms with van der Waals surface area (Å²) in [6.45, 7) is 6.14. The molecule has 0 aliphatic heterocycles. The predicted molar refractivity (Wildman–Crippen MR) is 93.4 cm³/mol. The number of aliphatic imine (C=N–C) groups is 1. The van der Waals surface area contributed by atoms with Crippen LogP contribution in [0.2, 0.25) is 0 Å². The van der Waals surface area contributed by atoms with Crippen molar-refractivity contribution in [1.82, 2.24) is 10.6 Å². The molecule has 1 aromatic carbocycles. The van der Waals surface area contributed by atoms with Crippen molar-refractivity contribution in [3.63, 3.8) is 0 Å². The Balaban J connectivity index is 2.04. The Bertz CT molecular complexity index is 435. The van der Waals surface area contributed by atoms with Crippen LogP contribution in [0.5, 0.6) is 5.75 Å². The second-order valence-corrected chi connectivity index (χ2v) is 5.05. The van der Waals surface area contributed by atoms with Gasteiger partial charge in [0.25, 0.3) is 0 Å². The molecule has 0 amide bonds. The minimum atomic E-state index is 0.587. The van der Waals surface area contributed by atoms with Gasteiger partial charge in [-0.05, 0) is 25.5 Å². The van der Waals surface area contributed by atoms with Crippen LogP contribution in [0.25, 0.3) is 0 Å². The maximum atomic E-state index is 5.66. The van der Waals surface area contributed by atoms with Crippen LogP contribution in [-0.2, 0) is 9.47 Å². The summed E-state index contributed by atoms with van der Waals surface area (Å²) >= 11 is 0. The molecule has 0 atom stereocenters. The molecular formula is C17H29N3O3. The highest BCUT2D eigenvalue weighted by Gasteiger charge is 1.98. The van der Waals surface area contributed by atoms with Gasteiger partial charge in [-0.3, -0.25) is 4.99 Å². The SMILES string of the molecule is CN=C(NCCCOCCOC)NCCOc1ccc(C)cc1. The van der Waals surface area contributed by atoms with Crippen LogP contribution < -0.4 is 15.4 Å². The Morgan fingerprint density at radius 1 is 1.00 bits per heavy atom. The molecule has 0 aromatic heterocycles. The number of guanidine groups is 1. The number of nitrogens with zero attached hydrogens (tertiary/aromatic N) is 1. The molecule has 0 saturated carbocycles. The Hall–Kier alpha value is -1.79. The summed E-state index contributed by atoms with van der Waals surface area (Å²) in [5, 5.41) is 6.45. The van der Waals surface area contributed by atoms with Gasteiger partial charge in [0.1, 0.15) is 12.4 Å². The molecule has 6 nitrogen and oxygen atoms in total. The molecule has 0 spiro atoms. The van der Waals surface area contributed by atoms with Crippen molar-refractivity contribution in [3.8, 4) is 5.75 Å². The lowest BCUT2D eigenvalue weighted by atomic mass is 10.2. The molecule has 0 radical (unpaired) electrons. The molecule has 0 fully saturated rings. The monoisotopic (exact) mass is 323 g/mol. The third-order valence-corrected chi connectivity index (χ3v) is 3.10. The second kappa shape index (κ2) is 12.7. The third-order valence-electron chi connectivity index (χ3n) is 3.10. The van der Waals surface area contributed by atoms with Crippen LogP contribution >= 0.6 is 0 Å². The summed E-state index contributed by atoms with van der Waals surface area (Å²) in [6, 6.07) is 8.04. The molecule has 0 bridgehead atoms. The van der Waals surface area contributed by atoms with Gasteiger partial charge in [0.05, 0.1) is 19.8 Å². The fourth-order valence-corrected chi connectivity index (χ4v) is 1.82. The number of benzene rings is 1. The number of rotatable bonds is 11. The van der Waals surface area contributed by atoms with E-state index >= 15 is 0 Å². The highest BCUT2D eigenvalue weighted by Crippen LogP contribution is 2.10. The maximum absolute atomic E-state index is 5.66. The first-order chi connectivity index (χ1) is 11.3. The smallest absolute Gasteiger partial charge is 0.191 e. The molecule has 2 N–H and O–H groups in total. The Morgan fingerprint density at radius 2 is 1.74 bits per heavy atom. The summed E-state index contributed by atoms with van der Waals surface area (Å²) in [5.74, 6) is 1.66. The number of aryl methyl sites for hydroxylation is 1. The van der Waals surface area contributed by atoms with E-state index in [1.807, 2.05) is 24.3 Å². The summed E-state index contributed by atoms with van der Waals surface area (Å²) in [4.78, 5) is 4.17. The van der Waals surface area contributed by atoms with Crippen molar-refractivity contribution in [2.45, 2.75) is 13.3 Å². The van der Waals surface area contributed by atoms with Gasteiger partial charge in [0, 0.05) is 27.3 Å². The lowest BCUT2D eigenvalue weighted by Crippen LogP contribution is -2.39. The summed E-state index contributed by atoms with van der Waals surface area (Å²) < 4.78 is 16.0. The zero-order valence-electron chi connectivity index (χ0n) is 14.4. The van der Waals surface area contributed by atoms with E-state index in [9.17, 15) is 0 Å². The van der Waals surface area contributed by atoms with E-state index in [0.717, 1.165) is 24.7 Å². The number of nitrogens with one attached hydrogen (secondary N) is 2. The quantitative estimate of drug-likeness (QED) is 0.368. The van der Waals surface area contributed by atoms with Crippen LogP contribution in [0.1, 0.15) is 12.0 Å². The topological polar surface area (TPSA) is 64.1 Å². The molecular weight excluding hydrogens is 294 g/mol. The van der Waals surface area contributed by atoms with Gasteiger partial charge < -0.3 is 24.8 Å². The van der Waals surface area contributed by atoms with Gasteiger partial charge in [-0.1, -0.05) is 17.7 Å². The minimum absolute atomic E-state index is 0.587. The average Bonchev–Trinajstić information content (AvgIpc) is 2.57. The van der Waals surface area contributed by atoms with E-state index in [2.05, 4.69) is 22.5 Å². The predicted octanol–water partition coefficient (Wildman–Crippen LogP) is 1.59. The molecule has 130 valence electrons. The standard InChI is InChI=1S/C17H29N3O3/c1-15-5-7-16(8-6-15)23-12-10-20-17(18-2)19-9-4-11-22-14-13-21-3/h5-8H,4,9-14H2,1-3H3,(H2,18,19,20). The van der Waals surface area contributed by atoms with Crippen LogP contribution in [0, 0.1) is 6.92 Å². The third kappa shape index (κ3) is 9.76. The molecule has 23 heavy (non-hydrogen) atoms. The Labute approximate surface area is 139 Å². The maximum Gasteiger partial charge on any atom is 0.191 e. The summed E-state index contributed by atoms with van der Waals surface area (Å²) in [6.07, 6.45) is 0.921. The second-order valence-electron chi connectivity index (χ2n) is 5.05. The first-order valence-electron chi connectivity index (χ1n) is 7.97. The van der Waals surface area contributed by atoms with Gasteiger partial charge in [0.15, 0.2) is 5.96 Å². The normalized spacial score (nSPS) is 11.3. The van der Waals surface area contributed by atoms with E-state index < -0.39 is 0 Å². The lowest BCUT2D eigenvalue weighted by Gasteiger charge is -2.12. The molecule has 6 heteroatoms. The highest BCUT2D eigenvalue weighted by molar-refractivity contribution is 5.79. The first-order valence-corrected chi connectivity index (χ1v) is 7.97. The molecule has 0 aliphatic rings. The Kier molecular flexibility index (Phi) is 10.7. The molecule has 0 aliphatic carbocycles. The van der Waals surface area contributed by atoms with Gasteiger partial charge in [-0.25, -0.2) is 0 Å². The molecule has 1 rings (SSSR count). The van der Waals surface area contributed by atoms with Gasteiger partial charge in [0.2, 0.25) is 0 Å².